The number of methoxy groups -OCH3 is 2. The summed E-state index contributed by atoms with van der Waals surface area (Å²) in [4.78, 5) is 21.9. The van der Waals surface area contributed by atoms with Gasteiger partial charge in [-0.1, -0.05) is 12.7 Å². The molecular formula is C17H24O6. The molecule has 0 heterocycles. The number of carbonyl (C=O) groups excluding carboxylic acids is 2. The Morgan fingerprint density at radius 2 is 1.91 bits per heavy atom. The zero-order valence-corrected chi connectivity index (χ0v) is 13.9. The monoisotopic (exact) mass is 324 g/mol. The third-order valence-corrected chi connectivity index (χ3v) is 2.47. The fourth-order valence-corrected chi connectivity index (χ4v) is 1.50. The molecule has 1 aromatic rings. The van der Waals surface area contributed by atoms with Crippen LogP contribution in [0.5, 0.6) is 11.5 Å². The summed E-state index contributed by atoms with van der Waals surface area (Å²) < 4.78 is 19.7. The minimum absolute atomic E-state index is 0.223. The van der Waals surface area contributed by atoms with Crippen molar-refractivity contribution < 1.29 is 28.5 Å². The number of carbonyl (C=O) groups is 2. The van der Waals surface area contributed by atoms with Crippen LogP contribution in [0, 0.1) is 0 Å². The number of hydrogen-bond acceptors (Lipinski definition) is 6. The van der Waals surface area contributed by atoms with Crippen LogP contribution in [-0.2, 0) is 14.3 Å². The maximum Gasteiger partial charge on any atom is 0.306 e. The smallest absolute Gasteiger partial charge is 0.306 e. The van der Waals surface area contributed by atoms with E-state index in [2.05, 4.69) is 11.3 Å². The maximum absolute atomic E-state index is 11.2. The lowest BCUT2D eigenvalue weighted by Gasteiger charge is -2.10. The van der Waals surface area contributed by atoms with Crippen molar-refractivity contribution in [2.24, 2.45) is 0 Å². The molecule has 0 aliphatic heterocycles. The van der Waals surface area contributed by atoms with E-state index in [-0.39, 0.29) is 19.0 Å². The van der Waals surface area contributed by atoms with Crippen LogP contribution < -0.4 is 9.47 Å². The fourth-order valence-electron chi connectivity index (χ4n) is 1.50. The molecule has 0 bridgehead atoms. The molecule has 128 valence electrons. The van der Waals surface area contributed by atoms with E-state index in [9.17, 15) is 9.59 Å². The van der Waals surface area contributed by atoms with E-state index in [4.69, 9.17) is 14.2 Å². The zero-order chi connectivity index (χ0) is 17.5. The Labute approximate surface area is 137 Å². The first kappa shape index (κ1) is 20.7. The molecule has 1 aromatic carbocycles. The van der Waals surface area contributed by atoms with E-state index in [1.54, 1.807) is 32.4 Å². The van der Waals surface area contributed by atoms with Crippen molar-refractivity contribution in [3.63, 3.8) is 0 Å². The SMILES string of the molecule is C=CCOC(=O)CCCOc1ccc(C=O)cc1OC.COC. The van der Waals surface area contributed by atoms with Gasteiger partial charge in [-0.15, -0.1) is 0 Å². The largest absolute Gasteiger partial charge is 0.493 e. The molecule has 0 aromatic heterocycles. The predicted octanol–water partition coefficient (Wildman–Crippen LogP) is 2.66. The van der Waals surface area contributed by atoms with Crippen LogP contribution in [0.4, 0.5) is 0 Å². The van der Waals surface area contributed by atoms with Gasteiger partial charge in [-0.05, 0) is 24.6 Å². The molecule has 0 unspecified atom stereocenters. The molecule has 0 radical (unpaired) electrons. The maximum atomic E-state index is 11.2. The molecular weight excluding hydrogens is 300 g/mol. The average molecular weight is 324 g/mol. The van der Waals surface area contributed by atoms with Crippen molar-refractivity contribution in [3.8, 4) is 11.5 Å². The van der Waals surface area contributed by atoms with E-state index in [1.807, 2.05) is 0 Å². The predicted molar refractivity (Wildman–Crippen MR) is 87.2 cm³/mol. The molecule has 0 spiro atoms. The number of rotatable bonds is 9. The summed E-state index contributed by atoms with van der Waals surface area (Å²) in [6, 6.07) is 4.91. The summed E-state index contributed by atoms with van der Waals surface area (Å²) in [5.41, 5.74) is 0.516. The third-order valence-electron chi connectivity index (χ3n) is 2.47. The highest BCUT2D eigenvalue weighted by atomic mass is 16.5. The van der Waals surface area contributed by atoms with Crippen LogP contribution in [-0.4, -0.2) is 46.8 Å². The molecule has 0 aliphatic rings. The van der Waals surface area contributed by atoms with E-state index < -0.39 is 0 Å². The van der Waals surface area contributed by atoms with Gasteiger partial charge in [0.05, 0.1) is 13.7 Å². The first-order valence-electron chi connectivity index (χ1n) is 7.05. The van der Waals surface area contributed by atoms with Crippen molar-refractivity contribution >= 4 is 12.3 Å². The zero-order valence-electron chi connectivity index (χ0n) is 13.9. The average Bonchev–Trinajstić information content (AvgIpc) is 2.57. The minimum Gasteiger partial charge on any atom is -0.493 e. The molecule has 0 fully saturated rings. The number of aldehydes is 1. The number of hydrogen-bond donors (Lipinski definition) is 0. The van der Waals surface area contributed by atoms with E-state index >= 15 is 0 Å². The van der Waals surface area contributed by atoms with Crippen molar-refractivity contribution in [2.45, 2.75) is 12.8 Å². The summed E-state index contributed by atoms with van der Waals surface area (Å²) in [7, 11) is 4.75. The van der Waals surface area contributed by atoms with Gasteiger partial charge in [-0.25, -0.2) is 0 Å². The Balaban J connectivity index is 0.00000149. The molecule has 0 amide bonds. The highest BCUT2D eigenvalue weighted by molar-refractivity contribution is 5.76. The van der Waals surface area contributed by atoms with Gasteiger partial charge in [-0.2, -0.15) is 0 Å². The second kappa shape index (κ2) is 13.3. The summed E-state index contributed by atoms with van der Waals surface area (Å²) >= 11 is 0. The quantitative estimate of drug-likeness (QED) is 0.301. The second-order valence-corrected chi connectivity index (χ2v) is 4.36. The van der Waals surface area contributed by atoms with E-state index in [0.717, 1.165) is 6.29 Å². The molecule has 0 atom stereocenters. The molecule has 0 saturated carbocycles. The van der Waals surface area contributed by atoms with Crippen molar-refractivity contribution in [3.05, 3.63) is 36.4 Å². The number of esters is 1. The van der Waals surface area contributed by atoms with Crippen molar-refractivity contribution in [1.29, 1.82) is 0 Å². The van der Waals surface area contributed by atoms with Crippen LogP contribution >= 0.6 is 0 Å². The topological polar surface area (TPSA) is 71.1 Å². The molecule has 6 nitrogen and oxygen atoms in total. The lowest BCUT2D eigenvalue weighted by Crippen LogP contribution is -2.07. The van der Waals surface area contributed by atoms with Gasteiger partial charge in [0.2, 0.25) is 0 Å². The molecule has 0 aliphatic carbocycles. The third kappa shape index (κ3) is 9.31. The molecule has 1 rings (SSSR count). The van der Waals surface area contributed by atoms with Crippen LogP contribution in [0.2, 0.25) is 0 Å². The van der Waals surface area contributed by atoms with Crippen LogP contribution in [0.25, 0.3) is 0 Å². The standard InChI is InChI=1S/C15H18O5.C2H6O/c1-3-8-20-15(17)5-4-9-19-13-7-6-12(11-16)10-14(13)18-2;1-3-2/h3,6-7,10-11H,1,4-5,8-9H2,2H3;1-2H3. The molecule has 6 heteroatoms. The minimum atomic E-state index is -0.281. The fraction of sp³-hybridized carbons (Fsp3) is 0.412. The summed E-state index contributed by atoms with van der Waals surface area (Å²) in [5.74, 6) is 0.748. The molecule has 23 heavy (non-hydrogen) atoms. The van der Waals surface area contributed by atoms with Gasteiger partial charge in [0.1, 0.15) is 12.9 Å². The Kier molecular flexibility index (Phi) is 12.0. The van der Waals surface area contributed by atoms with Gasteiger partial charge >= 0.3 is 5.97 Å². The van der Waals surface area contributed by atoms with Gasteiger partial charge in [0.25, 0.3) is 0 Å². The highest BCUT2D eigenvalue weighted by Crippen LogP contribution is 2.27. The van der Waals surface area contributed by atoms with Gasteiger partial charge in [0, 0.05) is 26.2 Å². The Morgan fingerprint density at radius 1 is 1.22 bits per heavy atom. The second-order valence-electron chi connectivity index (χ2n) is 4.36. The van der Waals surface area contributed by atoms with Crippen molar-refractivity contribution in [2.75, 3.05) is 34.5 Å². The van der Waals surface area contributed by atoms with Gasteiger partial charge in [-0.3, -0.25) is 9.59 Å². The van der Waals surface area contributed by atoms with Gasteiger partial charge in [0.15, 0.2) is 11.5 Å². The van der Waals surface area contributed by atoms with E-state index in [1.165, 1.54) is 13.2 Å². The van der Waals surface area contributed by atoms with Crippen molar-refractivity contribution in [1.82, 2.24) is 0 Å². The van der Waals surface area contributed by atoms with Crippen LogP contribution in [0.3, 0.4) is 0 Å². The Bertz CT molecular complexity index is 484. The van der Waals surface area contributed by atoms with Gasteiger partial charge < -0.3 is 18.9 Å². The lowest BCUT2D eigenvalue weighted by atomic mass is 10.2. The number of benzene rings is 1. The highest BCUT2D eigenvalue weighted by Gasteiger charge is 2.06. The summed E-state index contributed by atoms with van der Waals surface area (Å²) in [5, 5.41) is 0. The first-order chi connectivity index (χ1) is 11.1. The number of ether oxygens (including phenoxy) is 4. The Morgan fingerprint density at radius 3 is 2.48 bits per heavy atom. The lowest BCUT2D eigenvalue weighted by molar-refractivity contribution is -0.142. The summed E-state index contributed by atoms with van der Waals surface area (Å²) in [6.07, 6.45) is 3.08. The normalized spacial score (nSPS) is 9.17. The van der Waals surface area contributed by atoms with Crippen LogP contribution in [0.15, 0.2) is 30.9 Å². The first-order valence-corrected chi connectivity index (χ1v) is 7.05. The van der Waals surface area contributed by atoms with Crippen LogP contribution in [0.1, 0.15) is 23.2 Å². The Hall–Kier alpha value is -2.34. The summed E-state index contributed by atoms with van der Waals surface area (Å²) in [6.45, 7) is 4.05. The molecule has 0 N–H and O–H groups in total. The van der Waals surface area contributed by atoms with E-state index in [0.29, 0.717) is 30.1 Å². The molecule has 0 saturated heterocycles.